The van der Waals surface area contributed by atoms with E-state index in [0.29, 0.717) is 6.54 Å². The maximum absolute atomic E-state index is 11.8. The Labute approximate surface area is 95.8 Å². The molecule has 1 amide bonds. The van der Waals surface area contributed by atoms with Gasteiger partial charge < -0.3 is 11.1 Å². The van der Waals surface area contributed by atoms with Crippen molar-refractivity contribution in [1.29, 1.82) is 0 Å². The average Bonchev–Trinajstić information content (AvgIpc) is 2.78. The fourth-order valence-corrected chi connectivity index (χ4v) is 1.62. The summed E-state index contributed by atoms with van der Waals surface area (Å²) in [6, 6.07) is -0.0304. The van der Waals surface area contributed by atoms with Crippen molar-refractivity contribution in [3.05, 3.63) is 18.0 Å². The molecule has 5 heteroatoms. The first kappa shape index (κ1) is 12.7. The van der Waals surface area contributed by atoms with Gasteiger partial charge in [0.2, 0.25) is 5.91 Å². The van der Waals surface area contributed by atoms with E-state index in [1.807, 2.05) is 6.92 Å². The van der Waals surface area contributed by atoms with Crippen molar-refractivity contribution < 1.29 is 4.79 Å². The molecule has 0 fully saturated rings. The molecular formula is C11H20N4O. The summed E-state index contributed by atoms with van der Waals surface area (Å²) in [5, 5.41) is 9.52. The summed E-state index contributed by atoms with van der Waals surface area (Å²) in [5.74, 6) is -0.0580. The van der Waals surface area contributed by atoms with Crippen LogP contribution in [0.1, 0.15) is 38.3 Å². The van der Waals surface area contributed by atoms with Crippen LogP contribution in [0.4, 0.5) is 0 Å². The number of carbonyl (C=O) groups is 1. The molecule has 5 nitrogen and oxygen atoms in total. The quantitative estimate of drug-likeness (QED) is 0.673. The molecule has 0 aliphatic heterocycles. The van der Waals surface area contributed by atoms with Gasteiger partial charge in [-0.15, -0.1) is 0 Å². The lowest BCUT2D eigenvalue weighted by molar-refractivity contribution is -0.125. The Morgan fingerprint density at radius 2 is 2.44 bits per heavy atom. The predicted octanol–water partition coefficient (Wildman–Crippen LogP) is 0.962. The van der Waals surface area contributed by atoms with E-state index in [9.17, 15) is 4.79 Å². The number of carbonyl (C=O) groups excluding carboxylic acids is 1. The first-order chi connectivity index (χ1) is 7.69. The van der Waals surface area contributed by atoms with Crippen molar-refractivity contribution in [1.82, 2.24) is 15.5 Å². The third-order valence-electron chi connectivity index (χ3n) is 2.67. The van der Waals surface area contributed by atoms with Crippen LogP contribution < -0.4 is 11.1 Å². The lowest BCUT2D eigenvalue weighted by Gasteiger charge is -2.17. The van der Waals surface area contributed by atoms with Gasteiger partial charge in [0, 0.05) is 18.3 Å². The van der Waals surface area contributed by atoms with Crippen LogP contribution in [0, 0.1) is 5.92 Å². The van der Waals surface area contributed by atoms with Gasteiger partial charge in [-0.05, 0) is 13.3 Å². The second-order valence-electron chi connectivity index (χ2n) is 3.98. The molecule has 2 atom stereocenters. The van der Waals surface area contributed by atoms with Crippen LogP contribution in [-0.4, -0.2) is 22.6 Å². The smallest absolute Gasteiger partial charge is 0.224 e. The molecule has 0 aliphatic rings. The van der Waals surface area contributed by atoms with Gasteiger partial charge in [-0.2, -0.15) is 5.10 Å². The van der Waals surface area contributed by atoms with Gasteiger partial charge in [0.1, 0.15) is 0 Å². The summed E-state index contributed by atoms with van der Waals surface area (Å²) in [6.07, 6.45) is 5.29. The van der Waals surface area contributed by atoms with E-state index in [0.717, 1.165) is 18.4 Å². The molecule has 1 aromatic rings. The highest BCUT2D eigenvalue weighted by Gasteiger charge is 2.18. The number of rotatable bonds is 6. The molecule has 1 aromatic heterocycles. The summed E-state index contributed by atoms with van der Waals surface area (Å²) in [4.78, 5) is 11.8. The first-order valence-corrected chi connectivity index (χ1v) is 5.68. The Hall–Kier alpha value is -1.36. The number of aromatic nitrogens is 2. The van der Waals surface area contributed by atoms with Crippen molar-refractivity contribution in [2.75, 3.05) is 6.54 Å². The van der Waals surface area contributed by atoms with Crippen molar-refractivity contribution >= 4 is 5.91 Å². The van der Waals surface area contributed by atoms with E-state index < -0.39 is 0 Å². The van der Waals surface area contributed by atoms with Crippen molar-refractivity contribution in [2.24, 2.45) is 11.7 Å². The summed E-state index contributed by atoms with van der Waals surface area (Å²) in [6.45, 7) is 4.38. The standard InChI is InChI=1S/C11H20N4O/c1-3-4-9(5-12)11(16)15-8(2)10-6-13-14-7-10/h6-9H,3-5,12H2,1-2H3,(H,13,14)(H,15,16). The Kier molecular flexibility index (Phi) is 4.98. The van der Waals surface area contributed by atoms with E-state index in [1.54, 1.807) is 12.4 Å². The van der Waals surface area contributed by atoms with Gasteiger partial charge in [-0.1, -0.05) is 13.3 Å². The molecule has 4 N–H and O–H groups in total. The number of H-pyrrole nitrogens is 1. The number of hydrogen-bond acceptors (Lipinski definition) is 3. The minimum atomic E-state index is -0.0839. The number of amides is 1. The van der Waals surface area contributed by atoms with E-state index in [1.165, 1.54) is 0 Å². The zero-order valence-electron chi connectivity index (χ0n) is 9.86. The van der Waals surface area contributed by atoms with Crippen LogP contribution in [0.5, 0.6) is 0 Å². The summed E-state index contributed by atoms with van der Waals surface area (Å²) in [7, 11) is 0. The Balaban J connectivity index is 2.50. The van der Waals surface area contributed by atoms with E-state index in [4.69, 9.17) is 5.73 Å². The van der Waals surface area contributed by atoms with Gasteiger partial charge in [0.05, 0.1) is 18.2 Å². The SMILES string of the molecule is CCCC(CN)C(=O)NC(C)c1cn[nH]c1. The molecule has 1 heterocycles. The molecule has 0 aliphatic carbocycles. The zero-order chi connectivity index (χ0) is 12.0. The summed E-state index contributed by atoms with van der Waals surface area (Å²) >= 11 is 0. The van der Waals surface area contributed by atoms with Crippen LogP contribution >= 0.6 is 0 Å². The minimum absolute atomic E-state index is 0.0260. The average molecular weight is 224 g/mol. The van der Waals surface area contributed by atoms with Crippen molar-refractivity contribution in [2.45, 2.75) is 32.7 Å². The van der Waals surface area contributed by atoms with E-state index >= 15 is 0 Å². The third-order valence-corrected chi connectivity index (χ3v) is 2.67. The van der Waals surface area contributed by atoms with Gasteiger partial charge in [0.15, 0.2) is 0 Å². The lowest BCUT2D eigenvalue weighted by Crippen LogP contribution is -2.36. The molecule has 16 heavy (non-hydrogen) atoms. The minimum Gasteiger partial charge on any atom is -0.349 e. The largest absolute Gasteiger partial charge is 0.349 e. The lowest BCUT2D eigenvalue weighted by atomic mass is 10.0. The van der Waals surface area contributed by atoms with Crippen molar-refractivity contribution in [3.8, 4) is 0 Å². The number of nitrogens with zero attached hydrogens (tertiary/aromatic N) is 1. The Morgan fingerprint density at radius 1 is 1.69 bits per heavy atom. The molecule has 0 spiro atoms. The molecule has 0 radical (unpaired) electrons. The molecule has 0 saturated carbocycles. The van der Waals surface area contributed by atoms with Crippen LogP contribution in [0.2, 0.25) is 0 Å². The van der Waals surface area contributed by atoms with Gasteiger partial charge in [-0.3, -0.25) is 9.89 Å². The van der Waals surface area contributed by atoms with Gasteiger partial charge >= 0.3 is 0 Å². The summed E-state index contributed by atoms with van der Waals surface area (Å²) < 4.78 is 0. The second kappa shape index (κ2) is 6.27. The molecule has 0 saturated heterocycles. The van der Waals surface area contributed by atoms with Crippen LogP contribution in [0.15, 0.2) is 12.4 Å². The van der Waals surface area contributed by atoms with Crippen LogP contribution in [0.3, 0.4) is 0 Å². The third kappa shape index (κ3) is 3.34. The first-order valence-electron chi connectivity index (χ1n) is 5.68. The number of nitrogens with two attached hydrogens (primary N) is 1. The predicted molar refractivity (Wildman–Crippen MR) is 62.6 cm³/mol. The van der Waals surface area contributed by atoms with Crippen LogP contribution in [-0.2, 0) is 4.79 Å². The highest BCUT2D eigenvalue weighted by atomic mass is 16.1. The Bertz CT molecular complexity index is 310. The summed E-state index contributed by atoms with van der Waals surface area (Å²) in [5.41, 5.74) is 6.55. The van der Waals surface area contributed by atoms with E-state index in [2.05, 4.69) is 22.4 Å². The van der Waals surface area contributed by atoms with Crippen molar-refractivity contribution in [3.63, 3.8) is 0 Å². The monoisotopic (exact) mass is 224 g/mol. The molecule has 1 rings (SSSR count). The highest BCUT2D eigenvalue weighted by molar-refractivity contribution is 5.79. The molecular weight excluding hydrogens is 204 g/mol. The maximum atomic E-state index is 11.8. The molecule has 0 bridgehead atoms. The van der Waals surface area contributed by atoms with Crippen LogP contribution in [0.25, 0.3) is 0 Å². The highest BCUT2D eigenvalue weighted by Crippen LogP contribution is 2.12. The molecule has 90 valence electrons. The topological polar surface area (TPSA) is 83.8 Å². The Morgan fingerprint density at radius 3 is 2.94 bits per heavy atom. The van der Waals surface area contributed by atoms with Gasteiger partial charge in [0.25, 0.3) is 0 Å². The maximum Gasteiger partial charge on any atom is 0.224 e. The zero-order valence-corrected chi connectivity index (χ0v) is 9.86. The van der Waals surface area contributed by atoms with Gasteiger partial charge in [-0.25, -0.2) is 0 Å². The number of hydrogen-bond donors (Lipinski definition) is 3. The fourth-order valence-electron chi connectivity index (χ4n) is 1.62. The fraction of sp³-hybridized carbons (Fsp3) is 0.636. The molecule has 2 unspecified atom stereocenters. The number of nitrogens with one attached hydrogen (secondary N) is 2. The number of aromatic amines is 1. The normalized spacial score (nSPS) is 14.4. The molecule has 0 aromatic carbocycles. The van der Waals surface area contributed by atoms with E-state index in [-0.39, 0.29) is 17.9 Å². The second-order valence-corrected chi connectivity index (χ2v) is 3.98.